The molecular weight excluding hydrogens is 391 g/mol. The number of rotatable bonds is 6. The lowest BCUT2D eigenvalue weighted by atomic mass is 10.2. The van der Waals surface area contributed by atoms with Crippen LogP contribution in [-0.2, 0) is 17.4 Å². The van der Waals surface area contributed by atoms with E-state index >= 15 is 0 Å². The van der Waals surface area contributed by atoms with Gasteiger partial charge in [-0.25, -0.2) is 4.98 Å². The van der Waals surface area contributed by atoms with Gasteiger partial charge in [-0.1, -0.05) is 36.7 Å². The van der Waals surface area contributed by atoms with Gasteiger partial charge in [0.05, 0.1) is 22.0 Å². The minimum absolute atomic E-state index is 0.0754. The number of aryl methyl sites for hydroxylation is 1. The summed E-state index contributed by atoms with van der Waals surface area (Å²) in [5, 5.41) is 2.52. The zero-order valence-electron chi connectivity index (χ0n) is 13.6. The first-order chi connectivity index (χ1) is 12.2. The van der Waals surface area contributed by atoms with Gasteiger partial charge >= 0.3 is 6.18 Å². The molecule has 26 heavy (non-hydrogen) atoms. The number of benzene rings is 1. The Morgan fingerprint density at radius 3 is 2.69 bits per heavy atom. The number of hydrogen-bond donors (Lipinski definition) is 2. The van der Waals surface area contributed by atoms with Crippen LogP contribution in [-0.4, -0.2) is 21.6 Å². The lowest BCUT2D eigenvalue weighted by Gasteiger charge is -2.11. The molecule has 0 atom stereocenters. The maximum Gasteiger partial charge on any atom is 0.416 e. The molecule has 0 saturated heterocycles. The highest BCUT2D eigenvalue weighted by molar-refractivity contribution is 7.99. The molecule has 1 aromatic heterocycles. The van der Waals surface area contributed by atoms with Crippen LogP contribution in [0.1, 0.15) is 24.6 Å². The van der Waals surface area contributed by atoms with Crippen LogP contribution in [0.5, 0.6) is 0 Å². The summed E-state index contributed by atoms with van der Waals surface area (Å²) in [4.78, 5) is 30.3. The molecule has 5 nitrogen and oxygen atoms in total. The molecule has 0 aliphatic rings. The fourth-order valence-electron chi connectivity index (χ4n) is 2.05. The summed E-state index contributed by atoms with van der Waals surface area (Å²) in [6.07, 6.45) is -3.04. The second kappa shape index (κ2) is 8.59. The number of carbonyl (C=O) groups excluding carboxylic acids is 1. The predicted octanol–water partition coefficient (Wildman–Crippen LogP) is 4.13. The third-order valence-electron chi connectivity index (χ3n) is 3.19. The molecule has 1 amide bonds. The fraction of sp³-hybridized carbons (Fsp3) is 0.312. The van der Waals surface area contributed by atoms with E-state index in [-0.39, 0.29) is 22.0 Å². The zero-order valence-corrected chi connectivity index (χ0v) is 15.2. The van der Waals surface area contributed by atoms with Crippen LogP contribution in [0.15, 0.2) is 34.2 Å². The number of carbonyl (C=O) groups is 1. The van der Waals surface area contributed by atoms with Gasteiger partial charge in [0.25, 0.3) is 5.56 Å². The zero-order chi connectivity index (χ0) is 19.3. The standard InChI is InChI=1S/C16H15ClF3N3O2S/c1-2-3-10-7-13(24)23-15(21-10)26-8-14(25)22-12-5-4-9(6-11(12)17)16(18,19)20/h4-7H,2-3,8H2,1H3,(H,22,25)(H,21,23,24). The quantitative estimate of drug-likeness (QED) is 0.560. The number of aromatic amines is 1. The number of alkyl halides is 3. The third kappa shape index (κ3) is 5.77. The van der Waals surface area contributed by atoms with Crippen molar-refractivity contribution in [2.45, 2.75) is 31.1 Å². The molecule has 2 aromatic rings. The second-order valence-corrected chi connectivity index (χ2v) is 6.69. The Morgan fingerprint density at radius 2 is 2.08 bits per heavy atom. The van der Waals surface area contributed by atoms with Gasteiger partial charge in [0.2, 0.25) is 5.91 Å². The summed E-state index contributed by atoms with van der Waals surface area (Å²) in [6, 6.07) is 4.07. The number of anilines is 1. The summed E-state index contributed by atoms with van der Waals surface area (Å²) >= 11 is 6.81. The summed E-state index contributed by atoms with van der Waals surface area (Å²) < 4.78 is 37.8. The average molecular weight is 406 g/mol. The maximum absolute atomic E-state index is 12.6. The van der Waals surface area contributed by atoms with Crippen molar-refractivity contribution in [2.75, 3.05) is 11.1 Å². The molecule has 0 radical (unpaired) electrons. The van der Waals surface area contributed by atoms with Crippen molar-refractivity contribution in [1.29, 1.82) is 0 Å². The van der Waals surface area contributed by atoms with E-state index in [1.54, 1.807) is 0 Å². The lowest BCUT2D eigenvalue weighted by Crippen LogP contribution is -2.16. The van der Waals surface area contributed by atoms with Crippen molar-refractivity contribution >= 4 is 35.0 Å². The molecule has 10 heteroatoms. The van der Waals surface area contributed by atoms with Crippen molar-refractivity contribution < 1.29 is 18.0 Å². The molecule has 140 valence electrons. The van der Waals surface area contributed by atoms with E-state index in [2.05, 4.69) is 15.3 Å². The Balaban J connectivity index is 2.00. The highest BCUT2D eigenvalue weighted by Gasteiger charge is 2.31. The summed E-state index contributed by atoms with van der Waals surface area (Å²) in [5.41, 5.74) is -0.502. The number of H-pyrrole nitrogens is 1. The van der Waals surface area contributed by atoms with Crippen molar-refractivity contribution in [3.8, 4) is 0 Å². The van der Waals surface area contributed by atoms with Crippen LogP contribution < -0.4 is 10.9 Å². The molecule has 1 heterocycles. The molecule has 0 unspecified atom stereocenters. The number of nitrogens with zero attached hydrogens (tertiary/aromatic N) is 1. The van der Waals surface area contributed by atoms with Crippen LogP contribution in [0.25, 0.3) is 0 Å². The number of hydrogen-bond acceptors (Lipinski definition) is 4. The fourth-order valence-corrected chi connectivity index (χ4v) is 2.97. The van der Waals surface area contributed by atoms with Crippen molar-refractivity contribution in [3.05, 3.63) is 50.9 Å². The number of nitrogens with one attached hydrogen (secondary N) is 2. The number of halogens is 4. The molecule has 1 aromatic carbocycles. The largest absolute Gasteiger partial charge is 0.416 e. The Labute approximate surface area is 156 Å². The second-order valence-electron chi connectivity index (χ2n) is 5.32. The smallest absolute Gasteiger partial charge is 0.324 e. The highest BCUT2D eigenvalue weighted by Crippen LogP contribution is 2.33. The highest BCUT2D eigenvalue weighted by atomic mass is 35.5. The topological polar surface area (TPSA) is 74.8 Å². The normalized spacial score (nSPS) is 11.4. The SMILES string of the molecule is CCCc1cc(=O)[nH]c(SCC(=O)Nc2ccc(C(F)(F)F)cc2Cl)n1. The van der Waals surface area contributed by atoms with Gasteiger partial charge in [-0.2, -0.15) is 13.2 Å². The predicted molar refractivity (Wildman–Crippen MR) is 94.7 cm³/mol. The molecule has 0 spiro atoms. The average Bonchev–Trinajstić information content (AvgIpc) is 2.54. The van der Waals surface area contributed by atoms with E-state index in [4.69, 9.17) is 11.6 Å². The monoisotopic (exact) mass is 405 g/mol. The van der Waals surface area contributed by atoms with Gasteiger partial charge in [0.1, 0.15) is 0 Å². The summed E-state index contributed by atoms with van der Waals surface area (Å²) in [6.45, 7) is 1.96. The first-order valence-corrected chi connectivity index (χ1v) is 8.95. The third-order valence-corrected chi connectivity index (χ3v) is 4.38. The molecule has 0 fully saturated rings. The van der Waals surface area contributed by atoms with E-state index in [9.17, 15) is 22.8 Å². The van der Waals surface area contributed by atoms with Gasteiger partial charge in [-0.15, -0.1) is 0 Å². The van der Waals surface area contributed by atoms with Gasteiger partial charge < -0.3 is 10.3 Å². The number of thioether (sulfide) groups is 1. The van der Waals surface area contributed by atoms with Crippen molar-refractivity contribution in [2.24, 2.45) is 0 Å². The van der Waals surface area contributed by atoms with Crippen LogP contribution in [0.2, 0.25) is 5.02 Å². The maximum atomic E-state index is 12.6. The summed E-state index contributed by atoms with van der Waals surface area (Å²) in [7, 11) is 0. The van der Waals surface area contributed by atoms with E-state index in [1.165, 1.54) is 6.07 Å². The van der Waals surface area contributed by atoms with E-state index in [0.717, 1.165) is 36.4 Å². The van der Waals surface area contributed by atoms with Crippen LogP contribution in [0.3, 0.4) is 0 Å². The Morgan fingerprint density at radius 1 is 1.35 bits per heavy atom. The lowest BCUT2D eigenvalue weighted by molar-refractivity contribution is -0.137. The van der Waals surface area contributed by atoms with Crippen LogP contribution in [0.4, 0.5) is 18.9 Å². The number of aromatic nitrogens is 2. The molecule has 2 N–H and O–H groups in total. The Hall–Kier alpha value is -2.00. The molecule has 0 saturated carbocycles. The minimum atomic E-state index is -4.51. The van der Waals surface area contributed by atoms with Gasteiger partial charge in [0, 0.05) is 11.8 Å². The molecule has 0 bridgehead atoms. The van der Waals surface area contributed by atoms with Gasteiger partial charge in [0.15, 0.2) is 5.16 Å². The van der Waals surface area contributed by atoms with Gasteiger partial charge in [-0.05, 0) is 24.6 Å². The van der Waals surface area contributed by atoms with Crippen molar-refractivity contribution in [3.63, 3.8) is 0 Å². The molecular formula is C16H15ClF3N3O2S. The summed E-state index contributed by atoms with van der Waals surface area (Å²) in [5.74, 6) is -0.573. The Bertz CT molecular complexity index is 855. The molecule has 2 rings (SSSR count). The Kier molecular flexibility index (Phi) is 6.71. The van der Waals surface area contributed by atoms with E-state index in [1.807, 2.05) is 6.92 Å². The molecule has 0 aliphatic heterocycles. The van der Waals surface area contributed by atoms with Gasteiger partial charge in [-0.3, -0.25) is 9.59 Å². The first-order valence-electron chi connectivity index (χ1n) is 7.58. The van der Waals surface area contributed by atoms with E-state index in [0.29, 0.717) is 17.3 Å². The number of amides is 1. The van der Waals surface area contributed by atoms with Crippen molar-refractivity contribution in [1.82, 2.24) is 9.97 Å². The first kappa shape index (κ1) is 20.3. The minimum Gasteiger partial charge on any atom is -0.324 e. The van der Waals surface area contributed by atoms with E-state index < -0.39 is 17.6 Å². The van der Waals surface area contributed by atoms with Crippen LogP contribution >= 0.6 is 23.4 Å². The molecule has 0 aliphatic carbocycles. The van der Waals surface area contributed by atoms with Crippen LogP contribution in [0, 0.1) is 0 Å².